The molecule has 0 aromatic carbocycles. The summed E-state index contributed by atoms with van der Waals surface area (Å²) in [5.74, 6) is -0.841. The zero-order chi connectivity index (χ0) is 43.5. The maximum absolute atomic E-state index is 12.1. The van der Waals surface area contributed by atoms with E-state index in [-0.39, 0.29) is 18.4 Å². The lowest BCUT2D eigenvalue weighted by atomic mass is 9.98. The molecule has 0 spiro atoms. The van der Waals surface area contributed by atoms with Crippen LogP contribution in [0.4, 0.5) is 9.59 Å². The Morgan fingerprint density at radius 1 is 0.579 bits per heavy atom. The second-order valence-electron chi connectivity index (χ2n) is 14.5. The number of halogens is 1. The van der Waals surface area contributed by atoms with E-state index in [9.17, 15) is 50.4 Å². The molecule has 3 saturated heterocycles. The molecule has 0 bridgehead atoms. The first-order valence-corrected chi connectivity index (χ1v) is 17.0. The summed E-state index contributed by atoms with van der Waals surface area (Å²) in [7, 11) is 0. The first-order valence-electron chi connectivity index (χ1n) is 17.0. The molecule has 57 heavy (non-hydrogen) atoms. The van der Waals surface area contributed by atoms with Gasteiger partial charge in [0.2, 0.25) is 5.96 Å². The van der Waals surface area contributed by atoms with Gasteiger partial charge in [-0.25, -0.2) is 19.6 Å². The van der Waals surface area contributed by atoms with Gasteiger partial charge in [0.15, 0.2) is 24.8 Å². The number of hydrogen-bond donors (Lipinski definition) is 17. The van der Waals surface area contributed by atoms with Gasteiger partial charge in [-0.2, -0.15) is 0 Å². The summed E-state index contributed by atoms with van der Waals surface area (Å²) >= 11 is 0. The fourth-order valence-electron chi connectivity index (χ4n) is 4.78. The van der Waals surface area contributed by atoms with Crippen LogP contribution in [-0.4, -0.2) is 208 Å². The maximum atomic E-state index is 12.1. The third-order valence-corrected chi connectivity index (χ3v) is 7.50. The number of aliphatic hydroxyl groups excluding tert-OH is 12. The van der Waals surface area contributed by atoms with Gasteiger partial charge in [-0.15, -0.1) is 12.4 Å². The molecular weight excluding hydrogens is 798 g/mol. The molecule has 15 atom stereocenters. The zero-order valence-electron chi connectivity index (χ0n) is 32.0. The Kier molecular flexibility index (Phi) is 22.5. The van der Waals surface area contributed by atoms with Crippen molar-refractivity contribution in [3.05, 3.63) is 0 Å². The van der Waals surface area contributed by atoms with Crippen molar-refractivity contribution in [1.82, 2.24) is 10.6 Å². The highest BCUT2D eigenvalue weighted by Gasteiger charge is 2.45. The smallest absolute Gasteiger partial charge is 0.414 e. The molecule has 2 amide bonds. The van der Waals surface area contributed by atoms with Crippen LogP contribution in [0.5, 0.6) is 0 Å². The molecule has 27 heteroatoms. The van der Waals surface area contributed by atoms with Crippen molar-refractivity contribution < 1.29 is 94.6 Å². The number of hydrogen-bond acceptors (Lipinski definition) is 22. The quantitative estimate of drug-likeness (QED) is 0.0902. The Hall–Kier alpha value is -2.87. The lowest BCUT2D eigenvalue weighted by Gasteiger charge is -2.38. The summed E-state index contributed by atoms with van der Waals surface area (Å²) in [4.78, 5) is 31.5. The van der Waals surface area contributed by atoms with E-state index in [1.54, 1.807) is 41.5 Å². The number of aliphatic imine (C=N–C) groups is 2. The average molecular weight is 858 g/mol. The lowest BCUT2D eigenvalue weighted by Crippen LogP contribution is -2.61. The van der Waals surface area contributed by atoms with Gasteiger partial charge in [-0.3, -0.25) is 10.6 Å². The molecule has 15 unspecified atom stereocenters. The Bertz CT molecular complexity index is 1250. The number of carbonyl (C=O) groups is 2. The molecule has 26 nitrogen and oxygen atoms in total. The number of nitrogens with zero attached hydrogens (tertiary/aromatic N) is 2. The van der Waals surface area contributed by atoms with Crippen molar-refractivity contribution >= 4 is 36.5 Å². The molecular formula is C30H60ClN7O19. The van der Waals surface area contributed by atoms with Crippen molar-refractivity contribution in [2.75, 3.05) is 19.8 Å². The highest BCUT2D eigenvalue weighted by atomic mass is 35.5. The summed E-state index contributed by atoms with van der Waals surface area (Å²) in [6.45, 7) is 8.10. The van der Waals surface area contributed by atoms with E-state index in [0.717, 1.165) is 0 Å². The summed E-state index contributed by atoms with van der Waals surface area (Å²) in [6.07, 6.45) is -18.3. The highest BCUT2D eigenvalue weighted by molar-refractivity contribution is 6.01. The van der Waals surface area contributed by atoms with E-state index in [1.807, 2.05) is 0 Å². The van der Waals surface area contributed by atoms with E-state index in [1.165, 1.54) is 0 Å². The van der Waals surface area contributed by atoms with Crippen molar-refractivity contribution in [3.63, 3.8) is 0 Å². The van der Waals surface area contributed by atoms with Gasteiger partial charge in [0, 0.05) is 0 Å². The number of ether oxygens (including phenoxy) is 5. The van der Waals surface area contributed by atoms with Gasteiger partial charge in [0.25, 0.3) is 0 Å². The molecule has 0 aromatic rings. The standard InChI is InChI=1S/C17H31N3O9.C7H15N3O5.C6H13NO5.ClH/c1-16(2,3)28-14(25)19-13(20-15(26)29-17(4,5)6)18-9-11(23)10(22)8(7-21)27-12(9)24;8-7(9)10-3-5(13)4(12)2(1-11)15-6(3)14;7-3-5(10)4(9)2(1-8)12-6(3)11;/h8-12,21-24H,7H2,1-6H3,(H2,18,19,20,25,26);2-6,11-14H,1H2,(H4,8,9,10);2-6,8-11H,1,7H2;1H. The summed E-state index contributed by atoms with van der Waals surface area (Å²) in [6, 6.07) is -3.69. The van der Waals surface area contributed by atoms with Gasteiger partial charge >= 0.3 is 12.2 Å². The fraction of sp³-hybridized carbons (Fsp3) is 0.867. The van der Waals surface area contributed by atoms with E-state index in [0.29, 0.717) is 0 Å². The largest absolute Gasteiger partial charge is 0.444 e. The minimum atomic E-state index is -1.73. The maximum Gasteiger partial charge on any atom is 0.414 e. The number of nitrogens with one attached hydrogen (secondary N) is 2. The van der Waals surface area contributed by atoms with Crippen LogP contribution in [0.1, 0.15) is 41.5 Å². The second-order valence-corrected chi connectivity index (χ2v) is 14.5. The zero-order valence-corrected chi connectivity index (χ0v) is 32.9. The first kappa shape index (κ1) is 54.1. The first-order chi connectivity index (χ1) is 25.7. The van der Waals surface area contributed by atoms with E-state index >= 15 is 0 Å². The fourth-order valence-corrected chi connectivity index (χ4v) is 4.78. The average Bonchev–Trinajstić information content (AvgIpc) is 3.07. The molecule has 3 fully saturated rings. The Morgan fingerprint density at radius 3 is 1.21 bits per heavy atom. The molecule has 0 saturated carbocycles. The van der Waals surface area contributed by atoms with Crippen molar-refractivity contribution in [2.45, 2.75) is 145 Å². The van der Waals surface area contributed by atoms with Crippen molar-refractivity contribution in [3.8, 4) is 0 Å². The van der Waals surface area contributed by atoms with Gasteiger partial charge in [0.05, 0.1) is 25.9 Å². The minimum absolute atomic E-state index is 0. The van der Waals surface area contributed by atoms with Crippen LogP contribution >= 0.6 is 12.4 Å². The number of rotatable bonds is 5. The molecule has 3 aliphatic heterocycles. The van der Waals surface area contributed by atoms with Gasteiger partial charge in [-0.05, 0) is 41.5 Å². The van der Waals surface area contributed by atoms with Crippen LogP contribution in [0.15, 0.2) is 9.98 Å². The second kappa shape index (κ2) is 23.7. The number of alkyl carbamates (subject to hydrolysis) is 2. The van der Waals surface area contributed by atoms with Gasteiger partial charge < -0.3 is 102 Å². The van der Waals surface area contributed by atoms with Gasteiger partial charge in [0.1, 0.15) is 78.2 Å². The lowest BCUT2D eigenvalue weighted by molar-refractivity contribution is -0.248. The molecule has 3 aliphatic rings. The molecule has 0 aliphatic carbocycles. The van der Waals surface area contributed by atoms with Gasteiger partial charge in [-0.1, -0.05) is 0 Å². The van der Waals surface area contributed by atoms with E-state index in [4.69, 9.17) is 61.3 Å². The number of carbonyl (C=O) groups excluding carboxylic acids is 2. The van der Waals surface area contributed by atoms with Crippen molar-refractivity contribution in [1.29, 1.82) is 0 Å². The van der Waals surface area contributed by atoms with E-state index in [2.05, 4.69) is 20.6 Å². The third-order valence-electron chi connectivity index (χ3n) is 7.50. The number of aliphatic hydroxyl groups is 12. The summed E-state index contributed by atoms with van der Waals surface area (Å²) in [5, 5.41) is 117. The topological polar surface area (TPSA) is 450 Å². The normalized spacial score (nSPS) is 35.2. The Balaban J connectivity index is 0.000000929. The molecule has 3 rings (SSSR count). The Morgan fingerprint density at radius 2 is 0.895 bits per heavy atom. The molecule has 20 N–H and O–H groups in total. The van der Waals surface area contributed by atoms with Crippen LogP contribution in [-0.2, 0) is 23.7 Å². The molecule has 0 aromatic heterocycles. The van der Waals surface area contributed by atoms with Crippen LogP contribution in [0.25, 0.3) is 0 Å². The SMILES string of the molecule is CC(C)(C)OC(=O)NC(=NC1C(O)OC(CO)C(O)C1O)NC(=O)OC(C)(C)C.Cl.NC(N)=NC1C(O)OC(CO)C(O)C1O.NC1C(O)OC(CO)C(O)C1O. The van der Waals surface area contributed by atoms with Crippen LogP contribution in [0.3, 0.4) is 0 Å². The summed E-state index contributed by atoms with van der Waals surface area (Å²) in [5.41, 5.74) is 13.7. The Labute approximate surface area is 333 Å². The minimum Gasteiger partial charge on any atom is -0.444 e. The predicted molar refractivity (Wildman–Crippen MR) is 195 cm³/mol. The summed E-state index contributed by atoms with van der Waals surface area (Å²) < 4.78 is 24.7. The van der Waals surface area contributed by atoms with Crippen LogP contribution < -0.4 is 27.8 Å². The molecule has 336 valence electrons. The van der Waals surface area contributed by atoms with Crippen LogP contribution in [0, 0.1) is 0 Å². The third kappa shape index (κ3) is 17.5. The predicted octanol–water partition coefficient (Wildman–Crippen LogP) is -7.58. The van der Waals surface area contributed by atoms with Crippen LogP contribution in [0.2, 0.25) is 0 Å². The number of nitrogens with two attached hydrogens (primary N) is 3. The number of guanidine groups is 2. The van der Waals surface area contributed by atoms with Crippen molar-refractivity contribution in [2.24, 2.45) is 27.2 Å². The monoisotopic (exact) mass is 857 g/mol. The molecule has 0 radical (unpaired) electrons. The highest BCUT2D eigenvalue weighted by Crippen LogP contribution is 2.23. The number of amides is 2. The molecule has 3 heterocycles. The van der Waals surface area contributed by atoms with E-state index < -0.39 is 141 Å².